The summed E-state index contributed by atoms with van der Waals surface area (Å²) in [6, 6.07) is 23.6. The summed E-state index contributed by atoms with van der Waals surface area (Å²) in [7, 11) is -17.6. The molecule has 0 aliphatic heterocycles. The number of aryl methyl sites for hydroxylation is 3. The lowest BCUT2D eigenvalue weighted by Crippen LogP contribution is -2.08. The number of hydrogen-bond acceptors (Lipinski definition) is 28. The molecular formula is C51H49ClN12O18S7. The second-order valence-electron chi connectivity index (χ2n) is 18.2. The largest absolute Gasteiger partial charge is 0.497 e. The van der Waals surface area contributed by atoms with E-state index in [0.717, 1.165) is 0 Å². The highest BCUT2D eigenvalue weighted by atomic mass is 35.5. The van der Waals surface area contributed by atoms with E-state index < -0.39 is 68.8 Å². The highest BCUT2D eigenvalue weighted by Crippen LogP contribution is 2.44. The van der Waals surface area contributed by atoms with Crippen molar-refractivity contribution in [3.63, 3.8) is 0 Å². The number of halogens is 1. The molecule has 2 heterocycles. The highest BCUT2D eigenvalue weighted by molar-refractivity contribution is 7.99. The van der Waals surface area contributed by atoms with Gasteiger partial charge in [-0.15, -0.1) is 74.3 Å². The van der Waals surface area contributed by atoms with Gasteiger partial charge in [0.1, 0.15) is 40.6 Å². The number of azo groups is 4. The van der Waals surface area contributed by atoms with Crippen LogP contribution in [0, 0.1) is 50.4 Å². The first-order valence-electron chi connectivity index (χ1n) is 25.0. The second-order valence-corrected chi connectivity index (χ2v) is 26.4. The van der Waals surface area contributed by atoms with Crippen LogP contribution in [-0.2, 0) is 51.6 Å². The van der Waals surface area contributed by atoms with Crippen LogP contribution in [0.2, 0.25) is 5.02 Å². The van der Waals surface area contributed by atoms with E-state index in [-0.39, 0.29) is 94.1 Å². The predicted octanol–water partition coefficient (Wildman–Crippen LogP) is 11.9. The van der Waals surface area contributed by atoms with Gasteiger partial charge in [0.25, 0.3) is 30.4 Å². The Morgan fingerprint density at radius 2 is 1.06 bits per heavy atom. The molecule has 0 atom stereocenters. The Balaban J connectivity index is 0.00000170. The van der Waals surface area contributed by atoms with Gasteiger partial charge >= 0.3 is 21.2 Å². The highest BCUT2D eigenvalue weighted by Gasteiger charge is 2.22. The molecule has 470 valence electrons. The average molecular weight is 1380 g/mol. The van der Waals surface area contributed by atoms with Crippen molar-refractivity contribution in [2.75, 3.05) is 42.5 Å². The third-order valence-electron chi connectivity index (χ3n) is 11.7. The summed E-state index contributed by atoms with van der Waals surface area (Å²) in [5.74, 6) is -0.929. The van der Waals surface area contributed by atoms with Crippen molar-refractivity contribution < 1.29 is 78.7 Å². The number of nitrogens with zero attached hydrogens (tertiary/aromatic N) is 12. The van der Waals surface area contributed by atoms with Gasteiger partial charge in [0, 0.05) is 32.5 Å². The quantitative estimate of drug-likeness (QED) is 0.0189. The number of aromatic nitrogens is 2. The third kappa shape index (κ3) is 22.1. The number of pyridine rings is 1. The van der Waals surface area contributed by atoms with Crippen LogP contribution in [0.4, 0.5) is 45.5 Å². The van der Waals surface area contributed by atoms with Crippen molar-refractivity contribution in [2.45, 2.75) is 56.7 Å². The SMILES string of the molecule is COc1ccc2c(c1)nc1c(C#N)c(C)c(N=Nc3cc(C)c(N=Nc4cc(C)c(N=Nc5cc(C)c(N=Nc6ccc(Cl)cc6C#N)cc5SCCCS(=O)(=O)O)cc4SCCCS(=O)(=O)O)cc3OCCCS(=O)(=O)O)c(O)n12.O=S(=O)=O.O=S(=O)=O. The molecule has 0 aliphatic rings. The topological polar surface area (TPSA) is 468 Å². The van der Waals surface area contributed by atoms with Crippen LogP contribution >= 0.6 is 35.1 Å². The fourth-order valence-electron chi connectivity index (χ4n) is 7.66. The minimum Gasteiger partial charge on any atom is -0.497 e. The van der Waals surface area contributed by atoms with Crippen LogP contribution in [0.15, 0.2) is 124 Å². The molecule has 7 rings (SSSR count). The van der Waals surface area contributed by atoms with Crippen molar-refractivity contribution in [3.8, 4) is 29.5 Å². The van der Waals surface area contributed by atoms with E-state index in [1.165, 1.54) is 47.2 Å². The lowest BCUT2D eigenvalue weighted by atomic mass is 10.1. The molecule has 0 radical (unpaired) electrons. The summed E-state index contributed by atoms with van der Waals surface area (Å²) >= 11 is 8.51. The van der Waals surface area contributed by atoms with E-state index in [9.17, 15) is 54.5 Å². The molecule has 0 unspecified atom stereocenters. The number of methoxy groups -OCH3 is 1. The zero-order valence-corrected chi connectivity index (χ0v) is 53.4. The molecule has 0 fully saturated rings. The van der Waals surface area contributed by atoms with Crippen LogP contribution in [0.5, 0.6) is 17.4 Å². The van der Waals surface area contributed by atoms with Gasteiger partial charge in [-0.2, -0.15) is 51.1 Å². The molecule has 0 saturated heterocycles. The number of benzene rings is 5. The molecular weight excluding hydrogens is 1330 g/mol. The molecule has 0 spiro atoms. The Morgan fingerprint density at radius 3 is 1.54 bits per heavy atom. The van der Waals surface area contributed by atoms with Crippen molar-refractivity contribution in [1.29, 1.82) is 10.5 Å². The molecule has 30 nitrogen and oxygen atoms in total. The molecule has 0 amide bonds. The number of fused-ring (bicyclic) bond motifs is 3. The maximum absolute atomic E-state index is 11.6. The van der Waals surface area contributed by atoms with Gasteiger partial charge < -0.3 is 14.6 Å². The number of imidazole rings is 1. The van der Waals surface area contributed by atoms with E-state index in [0.29, 0.717) is 71.0 Å². The van der Waals surface area contributed by atoms with E-state index in [1.54, 1.807) is 88.4 Å². The van der Waals surface area contributed by atoms with Gasteiger partial charge in [0.05, 0.1) is 76.0 Å². The normalized spacial score (nSPS) is 11.9. The van der Waals surface area contributed by atoms with E-state index in [2.05, 4.69) is 52.0 Å². The molecule has 5 aromatic carbocycles. The Kier molecular flexibility index (Phi) is 26.0. The van der Waals surface area contributed by atoms with Gasteiger partial charge in [-0.1, -0.05) is 11.6 Å². The number of nitriles is 2. The number of aromatic hydroxyl groups is 1. The Labute approximate surface area is 524 Å². The molecule has 0 saturated carbocycles. The van der Waals surface area contributed by atoms with E-state index in [4.69, 9.17) is 46.3 Å². The van der Waals surface area contributed by atoms with Crippen molar-refractivity contribution in [1.82, 2.24) is 9.38 Å². The van der Waals surface area contributed by atoms with Gasteiger partial charge in [-0.25, -0.2) is 4.98 Å². The van der Waals surface area contributed by atoms with E-state index >= 15 is 0 Å². The maximum Gasteiger partial charge on any atom is 0.425 e. The van der Waals surface area contributed by atoms with Crippen molar-refractivity contribution in [2.24, 2.45) is 40.9 Å². The summed E-state index contributed by atoms with van der Waals surface area (Å²) < 4.78 is 161. The molecule has 0 bridgehead atoms. The maximum atomic E-state index is 11.6. The minimum atomic E-state index is -4.33. The first kappa shape index (κ1) is 71.5. The smallest absolute Gasteiger partial charge is 0.425 e. The van der Waals surface area contributed by atoms with Gasteiger partial charge in [-0.3, -0.25) is 18.1 Å². The predicted molar refractivity (Wildman–Crippen MR) is 326 cm³/mol. The fourth-order valence-corrected chi connectivity index (χ4v) is 11.6. The van der Waals surface area contributed by atoms with Crippen molar-refractivity contribution >= 4 is 149 Å². The standard InChI is InChI=1S/C51H49ClN12O12S5.2O3S/c1-29-19-42(60-63-49-32(4)36(28-54)50-55-41-23-35(75-5)10-12-45(41)64(50)51(49)65)46(76-13-6-16-79(66,67)68)24-38(29)57-61-43-21-31(3)40(26-48(43)78-15-8-18-81(72,73)74)59-62-44-20-30(2)39(25-47(44)77-14-7-17-80(69,70)71)58-56-37-11-9-34(52)22-33(37)27-53;2*1-4(2)3/h9-12,19-26,65H,6-8,13-18H2,1-5H3,(H,66,67,68)(H,69,70,71)(H,72,73,74);;. The number of thioether (sulfide) groups is 2. The summed E-state index contributed by atoms with van der Waals surface area (Å²) in [5.41, 5.74) is 5.45. The second kappa shape index (κ2) is 32.3. The van der Waals surface area contributed by atoms with Crippen LogP contribution < -0.4 is 9.47 Å². The summed E-state index contributed by atoms with van der Waals surface area (Å²) in [5, 5.41) is 67.6. The summed E-state index contributed by atoms with van der Waals surface area (Å²) in [4.78, 5) is 5.58. The Morgan fingerprint density at radius 1 is 0.596 bits per heavy atom. The van der Waals surface area contributed by atoms with Gasteiger partial charge in [-0.05, 0) is 136 Å². The van der Waals surface area contributed by atoms with Crippen LogP contribution in [0.25, 0.3) is 16.7 Å². The molecule has 89 heavy (non-hydrogen) atoms. The monoisotopic (exact) mass is 1380 g/mol. The number of hydrogen-bond donors (Lipinski definition) is 4. The van der Waals surface area contributed by atoms with Gasteiger partial charge in [0.2, 0.25) is 5.88 Å². The summed E-state index contributed by atoms with van der Waals surface area (Å²) in [6.45, 7) is 6.58. The third-order valence-corrected chi connectivity index (χ3v) is 16.6. The lowest BCUT2D eigenvalue weighted by Gasteiger charge is -2.12. The lowest BCUT2D eigenvalue weighted by molar-refractivity contribution is 0.317. The van der Waals surface area contributed by atoms with Gasteiger partial charge in [0.15, 0.2) is 11.3 Å². The fraction of sp³-hybridized carbons (Fsp3) is 0.275. The number of rotatable bonds is 24. The first-order valence-corrected chi connectivity index (χ1v) is 34.2. The molecule has 4 N–H and O–H groups in total. The Bertz CT molecular complexity index is 4640. The van der Waals surface area contributed by atoms with Crippen LogP contribution in [0.3, 0.4) is 0 Å². The number of ether oxygens (including phenoxy) is 2. The molecule has 7 aromatic rings. The molecule has 0 aliphatic carbocycles. The molecule has 2 aromatic heterocycles. The first-order chi connectivity index (χ1) is 41.8. The van der Waals surface area contributed by atoms with Crippen molar-refractivity contribution in [3.05, 3.63) is 111 Å². The zero-order valence-electron chi connectivity index (χ0n) is 46.9. The van der Waals surface area contributed by atoms with E-state index in [1.807, 2.05) is 6.07 Å². The average Bonchev–Trinajstić information content (AvgIpc) is 1.65. The van der Waals surface area contributed by atoms with Crippen LogP contribution in [0.1, 0.15) is 52.6 Å². The Hall–Kier alpha value is -8.21. The summed E-state index contributed by atoms with van der Waals surface area (Å²) in [6.07, 6.45) is 0.0441. The minimum absolute atomic E-state index is 0.0521. The molecule has 38 heteroatoms. The van der Waals surface area contributed by atoms with Crippen LogP contribution in [-0.4, -0.2) is 121 Å². The zero-order chi connectivity index (χ0) is 66.0.